The zero-order valence-electron chi connectivity index (χ0n) is 20.6. The van der Waals surface area contributed by atoms with E-state index in [0.717, 1.165) is 30.6 Å². The minimum Gasteiger partial charge on any atom is -0.393 e. The van der Waals surface area contributed by atoms with Crippen LogP contribution in [-0.4, -0.2) is 24.4 Å². The molecule has 4 rings (SSSR count). The Bertz CT molecular complexity index is 639. The van der Waals surface area contributed by atoms with Gasteiger partial charge in [0.2, 0.25) is 0 Å². The highest BCUT2D eigenvalue weighted by atomic mass is 16.5. The number of rotatable bonds is 6. The van der Waals surface area contributed by atoms with Crippen molar-refractivity contribution in [3.63, 3.8) is 0 Å². The molecular formula is C28H48O2. The lowest BCUT2D eigenvalue weighted by atomic mass is 9.47. The highest BCUT2D eigenvalue weighted by Crippen LogP contribution is 2.67. The summed E-state index contributed by atoms with van der Waals surface area (Å²) in [7, 11) is 1.89. The number of allylic oxidation sites excluding steroid dienone is 1. The maximum absolute atomic E-state index is 11.0. The van der Waals surface area contributed by atoms with Gasteiger partial charge < -0.3 is 9.84 Å². The average molecular weight is 417 g/mol. The maximum Gasteiger partial charge on any atom is 0.0608 e. The van der Waals surface area contributed by atoms with E-state index in [1.54, 1.807) is 5.57 Å². The topological polar surface area (TPSA) is 29.5 Å². The highest BCUT2D eigenvalue weighted by molar-refractivity contribution is 5.25. The summed E-state index contributed by atoms with van der Waals surface area (Å²) in [6, 6.07) is 0. The Labute approximate surface area is 186 Å². The summed E-state index contributed by atoms with van der Waals surface area (Å²) >= 11 is 0. The third-order valence-corrected chi connectivity index (χ3v) is 10.7. The van der Waals surface area contributed by atoms with Crippen LogP contribution >= 0.6 is 0 Å². The first-order valence-electron chi connectivity index (χ1n) is 13.1. The van der Waals surface area contributed by atoms with Crippen molar-refractivity contribution in [3.8, 4) is 0 Å². The Kier molecular flexibility index (Phi) is 6.50. The number of aliphatic hydroxyl groups excluding tert-OH is 1. The van der Waals surface area contributed by atoms with Crippen LogP contribution in [0.15, 0.2) is 11.6 Å². The predicted octanol–water partition coefficient (Wildman–Crippen LogP) is 7.01. The SMILES string of the molecule is CO[C@H]1CC[C@@]2(C)C(=CC[C@H]3[C@@H]4CC[C@H]([C@H](C)[C@H](O)CCC(C)C)[C@@]4(C)CC[C@@H]32)C1. The lowest BCUT2D eigenvalue weighted by Gasteiger charge is -2.58. The van der Waals surface area contributed by atoms with Gasteiger partial charge in [-0.25, -0.2) is 0 Å². The first-order valence-corrected chi connectivity index (χ1v) is 13.1. The summed E-state index contributed by atoms with van der Waals surface area (Å²) in [5.74, 6) is 4.42. The number of methoxy groups -OCH3 is 1. The van der Waals surface area contributed by atoms with E-state index < -0.39 is 0 Å². The molecule has 2 heteroatoms. The smallest absolute Gasteiger partial charge is 0.0608 e. The van der Waals surface area contributed by atoms with Gasteiger partial charge in [-0.15, -0.1) is 0 Å². The lowest BCUT2D eigenvalue weighted by molar-refractivity contribution is -0.0701. The van der Waals surface area contributed by atoms with Crippen molar-refractivity contribution in [2.24, 2.45) is 46.3 Å². The van der Waals surface area contributed by atoms with Crippen LogP contribution in [0.5, 0.6) is 0 Å². The number of hydrogen-bond acceptors (Lipinski definition) is 2. The normalized spacial score (nSPS) is 45.3. The van der Waals surface area contributed by atoms with Gasteiger partial charge >= 0.3 is 0 Å². The van der Waals surface area contributed by atoms with Crippen LogP contribution in [0.4, 0.5) is 0 Å². The van der Waals surface area contributed by atoms with E-state index in [2.05, 4.69) is 40.7 Å². The van der Waals surface area contributed by atoms with Crippen LogP contribution in [0.2, 0.25) is 0 Å². The molecule has 0 aromatic carbocycles. The van der Waals surface area contributed by atoms with E-state index in [4.69, 9.17) is 4.74 Å². The Morgan fingerprint density at radius 3 is 2.50 bits per heavy atom. The van der Waals surface area contributed by atoms with E-state index >= 15 is 0 Å². The van der Waals surface area contributed by atoms with Crippen molar-refractivity contribution < 1.29 is 9.84 Å². The standard InChI is InChI=1S/C28H48O2/c1-18(2)7-12-26(29)19(3)23-10-11-24-22-9-8-20-17-21(30-6)13-15-27(20,4)25(22)14-16-28(23,24)5/h8,18-19,21-26,29H,7,9-17H2,1-6H3/t19-,21-,22-,23+,24-,25-,26+,27-,28+/m0/s1. The van der Waals surface area contributed by atoms with Crippen LogP contribution in [0, 0.1) is 46.3 Å². The molecule has 4 aliphatic rings. The van der Waals surface area contributed by atoms with Crippen LogP contribution in [0.1, 0.15) is 98.8 Å². The molecule has 0 saturated heterocycles. The fraction of sp³-hybridized carbons (Fsp3) is 0.929. The summed E-state index contributed by atoms with van der Waals surface area (Å²) < 4.78 is 5.74. The largest absolute Gasteiger partial charge is 0.393 e. The molecule has 0 aromatic rings. The van der Waals surface area contributed by atoms with Crippen molar-refractivity contribution in [1.29, 1.82) is 0 Å². The molecule has 0 spiro atoms. The molecule has 3 fully saturated rings. The molecule has 9 atom stereocenters. The molecular weight excluding hydrogens is 368 g/mol. The third-order valence-electron chi connectivity index (χ3n) is 10.7. The van der Waals surface area contributed by atoms with Gasteiger partial charge in [-0.2, -0.15) is 0 Å². The Morgan fingerprint density at radius 1 is 1.03 bits per heavy atom. The predicted molar refractivity (Wildman–Crippen MR) is 125 cm³/mol. The van der Waals surface area contributed by atoms with E-state index in [-0.39, 0.29) is 6.10 Å². The minimum atomic E-state index is -0.120. The molecule has 0 heterocycles. The van der Waals surface area contributed by atoms with Gasteiger partial charge in [-0.1, -0.05) is 46.3 Å². The number of aliphatic hydroxyl groups is 1. The molecule has 0 aliphatic heterocycles. The van der Waals surface area contributed by atoms with Crippen molar-refractivity contribution in [1.82, 2.24) is 0 Å². The summed E-state index contributed by atoms with van der Waals surface area (Å²) in [5.41, 5.74) is 2.57. The van der Waals surface area contributed by atoms with Gasteiger partial charge in [0.05, 0.1) is 12.2 Å². The molecule has 3 saturated carbocycles. The van der Waals surface area contributed by atoms with Crippen LogP contribution < -0.4 is 0 Å². The van der Waals surface area contributed by atoms with E-state index in [1.807, 2.05) is 7.11 Å². The second-order valence-corrected chi connectivity index (χ2v) is 12.5. The van der Waals surface area contributed by atoms with Gasteiger partial charge in [-0.05, 0) is 111 Å². The first-order chi connectivity index (χ1) is 14.2. The molecule has 0 radical (unpaired) electrons. The summed E-state index contributed by atoms with van der Waals surface area (Å²) in [6.45, 7) is 12.1. The zero-order valence-corrected chi connectivity index (χ0v) is 20.6. The van der Waals surface area contributed by atoms with Gasteiger partial charge in [-0.3, -0.25) is 0 Å². The fourth-order valence-corrected chi connectivity index (χ4v) is 8.77. The maximum atomic E-state index is 11.0. The average Bonchev–Trinajstić information content (AvgIpc) is 3.07. The van der Waals surface area contributed by atoms with Crippen molar-refractivity contribution in [2.75, 3.05) is 7.11 Å². The monoisotopic (exact) mass is 416 g/mol. The molecule has 0 amide bonds. The van der Waals surface area contributed by atoms with Gasteiger partial charge in [0.25, 0.3) is 0 Å². The molecule has 4 aliphatic carbocycles. The molecule has 0 unspecified atom stereocenters. The minimum absolute atomic E-state index is 0.120. The van der Waals surface area contributed by atoms with E-state index in [1.165, 1.54) is 51.4 Å². The first kappa shape index (κ1) is 22.8. The number of ether oxygens (including phenoxy) is 1. The van der Waals surface area contributed by atoms with Crippen molar-refractivity contribution >= 4 is 0 Å². The van der Waals surface area contributed by atoms with Gasteiger partial charge in [0.1, 0.15) is 0 Å². The molecule has 0 bridgehead atoms. The molecule has 1 N–H and O–H groups in total. The summed E-state index contributed by atoms with van der Waals surface area (Å²) in [5, 5.41) is 11.0. The van der Waals surface area contributed by atoms with E-state index in [9.17, 15) is 5.11 Å². The number of fused-ring (bicyclic) bond motifs is 5. The fourth-order valence-electron chi connectivity index (χ4n) is 8.77. The molecule has 30 heavy (non-hydrogen) atoms. The van der Waals surface area contributed by atoms with Crippen LogP contribution in [0.25, 0.3) is 0 Å². The number of hydrogen-bond donors (Lipinski definition) is 1. The Balaban J connectivity index is 1.50. The molecule has 172 valence electrons. The zero-order chi connectivity index (χ0) is 21.7. The summed E-state index contributed by atoms with van der Waals surface area (Å²) in [4.78, 5) is 0. The lowest BCUT2D eigenvalue weighted by Crippen LogP contribution is -2.51. The van der Waals surface area contributed by atoms with Gasteiger partial charge in [0, 0.05) is 7.11 Å². The van der Waals surface area contributed by atoms with Crippen molar-refractivity contribution in [3.05, 3.63) is 11.6 Å². The molecule has 2 nitrogen and oxygen atoms in total. The Morgan fingerprint density at radius 2 is 1.80 bits per heavy atom. The Hall–Kier alpha value is -0.340. The van der Waals surface area contributed by atoms with Crippen molar-refractivity contribution in [2.45, 2.75) is 111 Å². The van der Waals surface area contributed by atoms with Gasteiger partial charge in [0.15, 0.2) is 0 Å². The van der Waals surface area contributed by atoms with Crippen LogP contribution in [-0.2, 0) is 4.74 Å². The summed E-state index contributed by atoms with van der Waals surface area (Å²) in [6.07, 6.45) is 15.6. The quantitative estimate of drug-likeness (QED) is 0.472. The third kappa shape index (κ3) is 3.72. The highest BCUT2D eigenvalue weighted by Gasteiger charge is 2.59. The second kappa shape index (κ2) is 8.54. The van der Waals surface area contributed by atoms with Crippen LogP contribution in [0.3, 0.4) is 0 Å². The second-order valence-electron chi connectivity index (χ2n) is 12.5. The van der Waals surface area contributed by atoms with E-state index in [0.29, 0.717) is 34.7 Å². The molecule has 0 aromatic heterocycles.